The second-order valence-electron chi connectivity index (χ2n) is 17.1. The van der Waals surface area contributed by atoms with E-state index in [2.05, 4.69) is 41.0 Å². The number of nitrogens with two attached hydrogens (primary N) is 2. The topological polar surface area (TPSA) is 326 Å². The third-order valence-electron chi connectivity index (χ3n) is 12.2. The summed E-state index contributed by atoms with van der Waals surface area (Å²) in [5, 5.41) is 9.25. The highest BCUT2D eigenvalue weighted by molar-refractivity contribution is 7.99. The number of aromatic amines is 2. The van der Waals surface area contributed by atoms with Gasteiger partial charge in [0.1, 0.15) is 36.6 Å². The number of H-pyrrole nitrogens is 2. The Morgan fingerprint density at radius 2 is 1.29 bits per heavy atom. The Hall–Kier alpha value is -5.24. The molecule has 0 saturated carbocycles. The molecule has 4 aromatic heterocycles. The molecule has 4 aliphatic heterocycles. The number of nitriles is 1. The Bertz CT molecular complexity index is 3060. The lowest BCUT2D eigenvalue weighted by molar-refractivity contribution is -0.0796. The van der Waals surface area contributed by atoms with Crippen LogP contribution in [0.5, 0.6) is 0 Å². The van der Waals surface area contributed by atoms with Crippen LogP contribution in [0.4, 0.5) is 11.9 Å². The van der Waals surface area contributed by atoms with Crippen LogP contribution in [0.1, 0.15) is 32.2 Å². The number of aromatic nitrogens is 8. The number of imidazole rings is 2. The van der Waals surface area contributed by atoms with Crippen LogP contribution in [0.25, 0.3) is 22.3 Å². The molecule has 0 spiro atoms. The molecule has 2 unspecified atom stereocenters. The van der Waals surface area contributed by atoms with Crippen molar-refractivity contribution in [1.82, 2.24) is 39.0 Å². The molecule has 0 amide bonds. The Morgan fingerprint density at radius 1 is 0.760 bits per heavy atom. The fraction of sp³-hybridized carbons (Fsp3) is 0.455. The van der Waals surface area contributed by atoms with Crippen molar-refractivity contribution in [2.75, 3.05) is 63.1 Å². The SMILES string of the molecule is CN=CCCOP(OCCSCCOP(OCCC#N)OC[C@H]1O[C@@H](n2cnc3c(=O)[nH]c(N)nc32)[C@@H]2OB(c3ccccc3)O[C@@H]21)O[C@H](C)[C@H]1O[C@@H](n2cnc3c(=O)[nH]c(N)nc32)[C@@H]2OB(c3ccccc3)O[C@@H]21. The molecule has 0 radical (unpaired) electrons. The van der Waals surface area contributed by atoms with Gasteiger partial charge in [0.05, 0.1) is 64.3 Å². The van der Waals surface area contributed by atoms with Crippen molar-refractivity contribution in [3.63, 3.8) is 0 Å². The van der Waals surface area contributed by atoms with E-state index in [1.54, 1.807) is 34.2 Å². The van der Waals surface area contributed by atoms with Gasteiger partial charge in [0, 0.05) is 31.2 Å². The second kappa shape index (κ2) is 24.8. The van der Waals surface area contributed by atoms with Crippen LogP contribution in [0, 0.1) is 11.3 Å². The van der Waals surface area contributed by atoms with E-state index in [1.807, 2.05) is 67.6 Å². The zero-order valence-corrected chi connectivity index (χ0v) is 43.1. The molecule has 0 bridgehead atoms. The average Bonchev–Trinajstić information content (AvgIpc) is 4.32. The highest BCUT2D eigenvalue weighted by Crippen LogP contribution is 2.47. The van der Waals surface area contributed by atoms with Gasteiger partial charge in [0.2, 0.25) is 11.9 Å². The standard InChI is InChI=1S/C44H52B2N12O14P2S/c1-26(32-34-36(71-46(69-34)28-13-7-4-8-14-28)42(67-32)58-25-52-31-38(58)54-44(49)56-40(31)60)72-74(62-18-10-16-50-2)64-20-22-75-21-19-63-73(61-17-9-15-47)65-23-29-33-35(70-45(68-33)27-11-5-3-6-12-27)41(66-29)57-24-51-30-37(57)53-43(48)55-39(30)59/h3-8,11-14,16,24-26,29,32-36,41-42H,9-10,17-23H2,1-2H3,(H3,48,53,55,59)(H3,49,54,56,60)/t26-,29-,32-,33-,34-,35-,36-,41-,42-,73?,74?/m1/s1. The van der Waals surface area contributed by atoms with Crippen molar-refractivity contribution in [2.45, 2.75) is 74.9 Å². The normalized spacial score (nSPS) is 24.6. The number of nitrogen functional groups attached to an aromatic ring is 2. The number of hydrogen-bond donors (Lipinski definition) is 4. The van der Waals surface area contributed by atoms with Crippen LogP contribution in [0.3, 0.4) is 0 Å². The molecule has 8 heterocycles. The predicted molar refractivity (Wildman–Crippen MR) is 277 cm³/mol. The molecule has 6 aromatic rings. The number of anilines is 2. The van der Waals surface area contributed by atoms with Crippen molar-refractivity contribution >= 4 is 94.6 Å². The van der Waals surface area contributed by atoms with Crippen molar-refractivity contribution in [3.05, 3.63) is 94.0 Å². The molecular formula is C44H52B2N12O14P2S. The fourth-order valence-electron chi connectivity index (χ4n) is 8.83. The molecule has 6 N–H and O–H groups in total. The number of rotatable bonds is 25. The van der Waals surface area contributed by atoms with Crippen LogP contribution in [0.15, 0.2) is 87.9 Å². The van der Waals surface area contributed by atoms with Crippen LogP contribution in [-0.4, -0.2) is 154 Å². The highest BCUT2D eigenvalue weighted by Gasteiger charge is 2.58. The lowest BCUT2D eigenvalue weighted by atomic mass is 9.79. The average molecular weight is 1090 g/mol. The van der Waals surface area contributed by atoms with E-state index in [0.29, 0.717) is 24.5 Å². The maximum Gasteiger partial charge on any atom is 0.494 e. The first-order valence-electron chi connectivity index (χ1n) is 23.9. The first-order valence-corrected chi connectivity index (χ1v) is 27.3. The van der Waals surface area contributed by atoms with Gasteiger partial charge in [-0.3, -0.25) is 28.7 Å². The van der Waals surface area contributed by atoms with Gasteiger partial charge in [0.25, 0.3) is 11.1 Å². The van der Waals surface area contributed by atoms with Crippen LogP contribution >= 0.6 is 29.0 Å². The quantitative estimate of drug-likeness (QED) is 0.0276. The van der Waals surface area contributed by atoms with Crippen molar-refractivity contribution in [2.24, 2.45) is 4.99 Å². The molecule has 26 nitrogen and oxygen atoms in total. The summed E-state index contributed by atoms with van der Waals surface area (Å²) in [5.41, 5.74) is 13.1. The summed E-state index contributed by atoms with van der Waals surface area (Å²) >= 11 is 1.57. The summed E-state index contributed by atoms with van der Waals surface area (Å²) in [6.07, 6.45) is -0.834. The summed E-state index contributed by atoms with van der Waals surface area (Å²) in [4.78, 5) is 51.6. The van der Waals surface area contributed by atoms with Crippen molar-refractivity contribution in [3.8, 4) is 6.07 Å². The third kappa shape index (κ3) is 12.2. The Morgan fingerprint density at radius 3 is 1.89 bits per heavy atom. The summed E-state index contributed by atoms with van der Waals surface area (Å²) in [5.74, 6) is 0.946. The minimum absolute atomic E-state index is 0.0225. The van der Waals surface area contributed by atoms with Gasteiger partial charge >= 0.3 is 31.4 Å². The van der Waals surface area contributed by atoms with E-state index in [9.17, 15) is 14.9 Å². The van der Waals surface area contributed by atoms with Gasteiger partial charge in [-0.25, -0.2) is 9.97 Å². The maximum atomic E-state index is 12.7. The van der Waals surface area contributed by atoms with Gasteiger partial charge in [-0.15, -0.1) is 0 Å². The largest absolute Gasteiger partial charge is 0.494 e. The van der Waals surface area contributed by atoms with E-state index < -0.39 is 97.7 Å². The number of nitrogens with zero attached hydrogens (tertiary/aromatic N) is 8. The Balaban J connectivity index is 0.744. The molecule has 10 rings (SSSR count). The molecule has 0 aliphatic carbocycles. The molecule has 4 aliphatic rings. The van der Waals surface area contributed by atoms with Gasteiger partial charge in [-0.05, 0) is 17.8 Å². The smallest absolute Gasteiger partial charge is 0.399 e. The maximum absolute atomic E-state index is 12.7. The molecule has 31 heteroatoms. The Kier molecular flexibility index (Phi) is 17.6. The summed E-state index contributed by atoms with van der Waals surface area (Å²) in [6.45, 7) is 2.72. The summed E-state index contributed by atoms with van der Waals surface area (Å²) < 4.78 is 79.4. The molecule has 75 heavy (non-hydrogen) atoms. The number of thioether (sulfide) groups is 1. The fourth-order valence-corrected chi connectivity index (χ4v) is 11.7. The molecule has 4 fully saturated rings. The molecule has 4 saturated heterocycles. The number of hydrogen-bond acceptors (Lipinski definition) is 23. The first-order chi connectivity index (χ1) is 36.7. The number of nitrogens with one attached hydrogen (secondary N) is 2. The van der Waals surface area contributed by atoms with Crippen molar-refractivity contribution in [1.29, 1.82) is 5.26 Å². The summed E-state index contributed by atoms with van der Waals surface area (Å²) in [6, 6.07) is 21.1. The van der Waals surface area contributed by atoms with Gasteiger partial charge in [-0.1, -0.05) is 60.7 Å². The molecule has 11 atom stereocenters. The number of benzene rings is 2. The summed E-state index contributed by atoms with van der Waals surface area (Å²) in [7, 11) is -3.56. The second-order valence-corrected chi connectivity index (χ2v) is 20.8. The Labute approximate surface area is 435 Å². The van der Waals surface area contributed by atoms with E-state index in [-0.39, 0.29) is 67.1 Å². The predicted octanol–water partition coefficient (Wildman–Crippen LogP) is 2.25. The highest BCUT2D eigenvalue weighted by atomic mass is 32.2. The van der Waals surface area contributed by atoms with Gasteiger partial charge < -0.3 is 71.7 Å². The lowest BCUT2D eigenvalue weighted by Crippen LogP contribution is -2.39. The van der Waals surface area contributed by atoms with E-state index >= 15 is 0 Å². The molecule has 2 aromatic carbocycles. The minimum Gasteiger partial charge on any atom is -0.399 e. The van der Waals surface area contributed by atoms with E-state index in [1.165, 1.54) is 12.7 Å². The number of aliphatic imine (C=N–C) groups is 1. The molecular weight excluding hydrogens is 1040 g/mol. The zero-order valence-electron chi connectivity index (χ0n) is 40.5. The van der Waals surface area contributed by atoms with Gasteiger partial charge in [-0.2, -0.15) is 27.0 Å². The number of ether oxygens (including phenoxy) is 2. The van der Waals surface area contributed by atoms with Crippen molar-refractivity contribution < 1.29 is 55.2 Å². The number of fused-ring (bicyclic) bond motifs is 4. The van der Waals surface area contributed by atoms with Gasteiger partial charge in [0.15, 0.2) is 34.8 Å². The lowest BCUT2D eigenvalue weighted by Gasteiger charge is -2.27. The minimum atomic E-state index is -1.94. The van der Waals surface area contributed by atoms with E-state index in [4.69, 9.17) is 66.7 Å². The van der Waals surface area contributed by atoms with Crippen LogP contribution in [-0.2, 0) is 55.2 Å². The van der Waals surface area contributed by atoms with Crippen LogP contribution < -0.4 is 33.5 Å². The first kappa shape index (κ1) is 53.2. The van der Waals surface area contributed by atoms with E-state index in [0.717, 1.165) is 10.9 Å². The third-order valence-corrected chi connectivity index (χ3v) is 15.5. The van der Waals surface area contributed by atoms with Crippen LogP contribution in [0.2, 0.25) is 0 Å². The zero-order chi connectivity index (χ0) is 51.8. The monoisotopic (exact) mass is 1090 g/mol. The molecule has 394 valence electrons.